The highest BCUT2D eigenvalue weighted by Crippen LogP contribution is 2.40. The van der Waals surface area contributed by atoms with E-state index in [2.05, 4.69) is 4.74 Å². The van der Waals surface area contributed by atoms with Crippen LogP contribution in [-0.2, 0) is 19.1 Å². The van der Waals surface area contributed by atoms with E-state index >= 15 is 0 Å². The number of carbonyl (C=O) groups is 2. The molecule has 0 aromatic rings. The minimum atomic E-state index is -6.16. The molecule has 0 fully saturated rings. The molecule has 184 valence electrons. The molecule has 0 aromatic heterocycles. The van der Waals surface area contributed by atoms with Crippen LogP contribution in [-0.4, -0.2) is 42.4 Å². The number of alkyl halides is 8. The number of rotatable bonds is 7. The average Bonchev–Trinajstić information content (AvgIpc) is 2.50. The van der Waals surface area contributed by atoms with Crippen LogP contribution in [0.3, 0.4) is 0 Å². The fraction of sp³-hybridized carbons (Fsp3) is 0.895. The van der Waals surface area contributed by atoms with E-state index in [1.54, 1.807) is 41.5 Å². The van der Waals surface area contributed by atoms with E-state index in [9.17, 15) is 44.7 Å². The van der Waals surface area contributed by atoms with Crippen molar-refractivity contribution in [2.45, 2.75) is 91.8 Å². The van der Waals surface area contributed by atoms with Crippen molar-refractivity contribution in [1.29, 1.82) is 0 Å². The standard InChI is InChI=1S/C19H28F8O4/c1-8-11(30-12(28)10(16(5,6)7)9-15(2,3)4)17(20,21)14(29)31-13(18(22,23)24)19(25,26)27/h10-11,13H,8-9H2,1-7H3. The lowest BCUT2D eigenvalue weighted by Crippen LogP contribution is -2.52. The molecule has 0 amide bonds. The monoisotopic (exact) mass is 472 g/mol. The molecule has 0 bridgehead atoms. The van der Waals surface area contributed by atoms with E-state index in [-0.39, 0.29) is 6.42 Å². The third-order valence-corrected chi connectivity index (χ3v) is 4.27. The largest absolute Gasteiger partial charge is 0.455 e. The van der Waals surface area contributed by atoms with Gasteiger partial charge in [-0.25, -0.2) is 4.79 Å². The fourth-order valence-corrected chi connectivity index (χ4v) is 2.63. The predicted octanol–water partition coefficient (Wildman–Crippen LogP) is 6.08. The molecular formula is C19H28F8O4. The van der Waals surface area contributed by atoms with Crippen molar-refractivity contribution in [3.63, 3.8) is 0 Å². The first-order valence-corrected chi connectivity index (χ1v) is 9.37. The summed E-state index contributed by atoms with van der Waals surface area (Å²) in [6.45, 7) is 11.3. The SMILES string of the molecule is CCC(OC(=O)C(CC(C)(C)C)C(C)(C)C)C(F)(F)C(=O)OC(C(F)(F)F)C(F)(F)F. The summed E-state index contributed by atoms with van der Waals surface area (Å²) in [5, 5.41) is 0. The summed E-state index contributed by atoms with van der Waals surface area (Å²) in [5.74, 6) is -10.1. The van der Waals surface area contributed by atoms with Crippen LogP contribution in [0.15, 0.2) is 0 Å². The highest BCUT2D eigenvalue weighted by Gasteiger charge is 2.63. The lowest BCUT2D eigenvalue weighted by Gasteiger charge is -2.35. The maximum absolute atomic E-state index is 14.4. The molecule has 0 rings (SSSR count). The van der Waals surface area contributed by atoms with Crippen LogP contribution in [0.25, 0.3) is 0 Å². The highest BCUT2D eigenvalue weighted by molar-refractivity contribution is 5.80. The maximum Gasteiger partial charge on any atom is 0.434 e. The summed E-state index contributed by atoms with van der Waals surface area (Å²) in [5.41, 5.74) is -1.21. The maximum atomic E-state index is 14.4. The predicted molar refractivity (Wildman–Crippen MR) is 94.1 cm³/mol. The van der Waals surface area contributed by atoms with Gasteiger partial charge in [0.2, 0.25) is 0 Å². The molecule has 0 spiro atoms. The molecule has 2 unspecified atom stereocenters. The number of esters is 2. The molecular weight excluding hydrogens is 444 g/mol. The molecule has 0 radical (unpaired) electrons. The van der Waals surface area contributed by atoms with Crippen molar-refractivity contribution in [1.82, 2.24) is 0 Å². The fourth-order valence-electron chi connectivity index (χ4n) is 2.63. The Labute approximate surface area is 175 Å². The van der Waals surface area contributed by atoms with Crippen LogP contribution in [0.2, 0.25) is 0 Å². The van der Waals surface area contributed by atoms with Gasteiger partial charge in [-0.15, -0.1) is 0 Å². The molecule has 0 aliphatic rings. The van der Waals surface area contributed by atoms with E-state index in [4.69, 9.17) is 4.74 Å². The zero-order chi connectivity index (χ0) is 25.2. The number of hydrogen-bond donors (Lipinski definition) is 0. The van der Waals surface area contributed by atoms with E-state index in [0.717, 1.165) is 6.92 Å². The quantitative estimate of drug-likeness (QED) is 0.333. The number of hydrogen-bond acceptors (Lipinski definition) is 4. The summed E-state index contributed by atoms with van der Waals surface area (Å²) in [4.78, 5) is 24.2. The van der Waals surface area contributed by atoms with Crippen LogP contribution in [0.4, 0.5) is 35.1 Å². The topological polar surface area (TPSA) is 52.6 Å². The average molecular weight is 472 g/mol. The van der Waals surface area contributed by atoms with Crippen molar-refractivity contribution in [2.75, 3.05) is 0 Å². The van der Waals surface area contributed by atoms with E-state index in [1.807, 2.05) is 0 Å². The Balaban J connectivity index is 5.74. The third-order valence-electron chi connectivity index (χ3n) is 4.27. The van der Waals surface area contributed by atoms with Gasteiger partial charge in [-0.3, -0.25) is 4.79 Å². The lowest BCUT2D eigenvalue weighted by molar-refractivity contribution is -0.319. The second-order valence-electron chi connectivity index (χ2n) is 9.51. The Morgan fingerprint density at radius 2 is 1.19 bits per heavy atom. The van der Waals surface area contributed by atoms with Gasteiger partial charge in [-0.2, -0.15) is 35.1 Å². The van der Waals surface area contributed by atoms with Crippen LogP contribution in [0, 0.1) is 16.7 Å². The first kappa shape index (κ1) is 29.4. The second kappa shape index (κ2) is 9.48. The Hall–Kier alpha value is -1.62. The molecule has 0 heterocycles. The van der Waals surface area contributed by atoms with E-state index < -0.39 is 65.6 Å². The molecule has 31 heavy (non-hydrogen) atoms. The van der Waals surface area contributed by atoms with Crippen LogP contribution >= 0.6 is 0 Å². The molecule has 0 aliphatic carbocycles. The van der Waals surface area contributed by atoms with Gasteiger partial charge in [0.25, 0.3) is 6.10 Å². The van der Waals surface area contributed by atoms with E-state index in [0.29, 0.717) is 0 Å². The smallest absolute Gasteiger partial charge is 0.434 e. The van der Waals surface area contributed by atoms with Crippen LogP contribution in [0.1, 0.15) is 61.3 Å². The van der Waals surface area contributed by atoms with Crippen molar-refractivity contribution < 1.29 is 54.2 Å². The minimum Gasteiger partial charge on any atom is -0.455 e. The summed E-state index contributed by atoms with van der Waals surface area (Å²) < 4.78 is 112. The van der Waals surface area contributed by atoms with Crippen molar-refractivity contribution in [3.05, 3.63) is 0 Å². The van der Waals surface area contributed by atoms with Gasteiger partial charge in [-0.1, -0.05) is 48.5 Å². The molecule has 0 aliphatic heterocycles. The lowest BCUT2D eigenvalue weighted by atomic mass is 9.72. The molecule has 0 aromatic carbocycles. The van der Waals surface area contributed by atoms with Crippen molar-refractivity contribution in [3.8, 4) is 0 Å². The first-order chi connectivity index (χ1) is 13.4. The first-order valence-electron chi connectivity index (χ1n) is 9.37. The summed E-state index contributed by atoms with van der Waals surface area (Å²) in [7, 11) is 0. The van der Waals surface area contributed by atoms with Gasteiger partial charge in [-0.05, 0) is 23.7 Å². The van der Waals surface area contributed by atoms with Gasteiger partial charge < -0.3 is 9.47 Å². The van der Waals surface area contributed by atoms with Crippen molar-refractivity contribution in [2.24, 2.45) is 16.7 Å². The van der Waals surface area contributed by atoms with E-state index in [1.165, 1.54) is 0 Å². The molecule has 0 N–H and O–H groups in total. The van der Waals surface area contributed by atoms with Crippen LogP contribution < -0.4 is 0 Å². The Kier molecular flexibility index (Phi) is 8.98. The van der Waals surface area contributed by atoms with Gasteiger partial charge in [0.1, 0.15) is 0 Å². The highest BCUT2D eigenvalue weighted by atomic mass is 19.4. The number of carbonyl (C=O) groups excluding carboxylic acids is 2. The Morgan fingerprint density at radius 3 is 1.48 bits per heavy atom. The van der Waals surface area contributed by atoms with Gasteiger partial charge in [0.15, 0.2) is 6.10 Å². The van der Waals surface area contributed by atoms with Gasteiger partial charge >= 0.3 is 30.2 Å². The zero-order valence-corrected chi connectivity index (χ0v) is 18.3. The third kappa shape index (κ3) is 8.80. The molecule has 12 heteroatoms. The molecule has 0 saturated heterocycles. The number of halogens is 8. The normalized spacial score (nSPS) is 16.1. The van der Waals surface area contributed by atoms with Gasteiger partial charge in [0, 0.05) is 0 Å². The zero-order valence-electron chi connectivity index (χ0n) is 18.3. The molecule has 2 atom stereocenters. The summed E-state index contributed by atoms with van der Waals surface area (Å²) in [6.07, 6.45) is -20.2. The summed E-state index contributed by atoms with van der Waals surface area (Å²) >= 11 is 0. The van der Waals surface area contributed by atoms with Gasteiger partial charge in [0.05, 0.1) is 5.92 Å². The number of ether oxygens (including phenoxy) is 2. The molecule has 0 saturated carbocycles. The molecule has 4 nitrogen and oxygen atoms in total. The van der Waals surface area contributed by atoms with Crippen LogP contribution in [0.5, 0.6) is 0 Å². The minimum absolute atomic E-state index is 0.187. The Bertz CT molecular complexity index is 613. The van der Waals surface area contributed by atoms with Crippen molar-refractivity contribution >= 4 is 11.9 Å². The summed E-state index contributed by atoms with van der Waals surface area (Å²) in [6, 6.07) is 0. The second-order valence-corrected chi connectivity index (χ2v) is 9.51. The Morgan fingerprint density at radius 1 is 0.774 bits per heavy atom.